The molecule has 0 amide bonds. The van der Waals surface area contributed by atoms with Crippen molar-refractivity contribution in [3.05, 3.63) is 72.1 Å². The summed E-state index contributed by atoms with van der Waals surface area (Å²) in [5.74, 6) is -2.89. The average molecular weight is 466 g/mol. The fourth-order valence-electron chi connectivity index (χ4n) is 3.72. The lowest BCUT2D eigenvalue weighted by Crippen LogP contribution is -2.24. The molecule has 2 aromatic rings. The molecule has 7 heteroatoms. The van der Waals surface area contributed by atoms with Gasteiger partial charge < -0.3 is 14.2 Å². The van der Waals surface area contributed by atoms with E-state index < -0.39 is 46.7 Å². The zero-order valence-electron chi connectivity index (χ0n) is 19.9. The van der Waals surface area contributed by atoms with E-state index in [1.54, 1.807) is 71.0 Å². The third kappa shape index (κ3) is 6.02. The summed E-state index contributed by atoms with van der Waals surface area (Å²) >= 11 is 0. The van der Waals surface area contributed by atoms with Crippen LogP contribution < -0.4 is 4.74 Å². The van der Waals surface area contributed by atoms with Gasteiger partial charge in [-0.2, -0.15) is 9.65 Å². The average Bonchev–Trinajstić information content (AvgIpc) is 3.31. The molecule has 0 aliphatic heterocycles. The summed E-state index contributed by atoms with van der Waals surface area (Å²) in [6.45, 7) is 8.47. The molecule has 0 radical (unpaired) electrons. The Morgan fingerprint density at radius 2 is 1.74 bits per heavy atom. The van der Waals surface area contributed by atoms with Crippen LogP contribution in [0.2, 0.25) is 0 Å². The highest BCUT2D eigenvalue weighted by Gasteiger charge is 2.62. The molecule has 0 N–H and O–H groups in total. The third-order valence-corrected chi connectivity index (χ3v) is 5.58. The summed E-state index contributed by atoms with van der Waals surface area (Å²) in [7, 11) is 0. The van der Waals surface area contributed by atoms with Crippen molar-refractivity contribution in [2.45, 2.75) is 46.3 Å². The van der Waals surface area contributed by atoms with Gasteiger partial charge in [-0.3, -0.25) is 4.79 Å². The smallest absolute Gasteiger partial charge is 0.367 e. The number of hydrogen-bond donors (Lipinski definition) is 0. The highest BCUT2D eigenvalue weighted by Crippen LogP contribution is 2.60. The van der Waals surface area contributed by atoms with Crippen LogP contribution in [0.1, 0.15) is 46.3 Å². The van der Waals surface area contributed by atoms with E-state index in [1.807, 2.05) is 24.3 Å². The van der Waals surface area contributed by atoms with Crippen molar-refractivity contribution in [2.75, 3.05) is 0 Å². The summed E-state index contributed by atoms with van der Waals surface area (Å²) in [5, 5.41) is 9.63. The highest BCUT2D eigenvalue weighted by molar-refractivity contribution is 5.87. The number of nitriles is 1. The van der Waals surface area contributed by atoms with Gasteiger partial charge in [-0.25, -0.2) is 4.79 Å². The number of esters is 2. The van der Waals surface area contributed by atoms with Crippen LogP contribution in [0.3, 0.4) is 0 Å². The first-order valence-electron chi connectivity index (χ1n) is 11.0. The molecule has 2 aromatic carbocycles. The van der Waals surface area contributed by atoms with Crippen molar-refractivity contribution in [1.29, 1.82) is 5.26 Å². The van der Waals surface area contributed by atoms with Crippen molar-refractivity contribution in [3.8, 4) is 17.6 Å². The van der Waals surface area contributed by atoms with E-state index in [0.29, 0.717) is 17.1 Å². The normalized spacial score (nSPS) is 20.0. The van der Waals surface area contributed by atoms with Crippen LogP contribution in [0.5, 0.6) is 11.5 Å². The summed E-state index contributed by atoms with van der Waals surface area (Å²) in [6.07, 6.45) is -0.0565. The largest absolute Gasteiger partial charge is 0.457 e. The summed E-state index contributed by atoms with van der Waals surface area (Å²) in [5.41, 5.74) is -1.01. The van der Waals surface area contributed by atoms with Crippen molar-refractivity contribution in [3.63, 3.8) is 0 Å². The molecule has 3 atom stereocenters. The van der Waals surface area contributed by atoms with E-state index in [1.165, 1.54) is 0 Å². The molecule has 34 heavy (non-hydrogen) atoms. The summed E-state index contributed by atoms with van der Waals surface area (Å²) in [4.78, 5) is 24.8. The molecule has 0 aromatic heterocycles. The maximum Gasteiger partial charge on any atom is 0.367 e. The van der Waals surface area contributed by atoms with Gasteiger partial charge in [-0.05, 0) is 62.4 Å². The number of para-hydroxylation sites is 1. The number of benzene rings is 2. The lowest BCUT2D eigenvalue weighted by atomic mass is 10.1. The number of nitrogens with zero attached hydrogens (tertiary/aromatic N) is 1. The Bertz CT molecular complexity index is 1130. The Kier molecular flexibility index (Phi) is 7.11. The molecule has 1 aliphatic carbocycles. The molecule has 6 nitrogen and oxygen atoms in total. The topological polar surface area (TPSA) is 85.6 Å². The predicted molar refractivity (Wildman–Crippen MR) is 123 cm³/mol. The Labute approximate surface area is 198 Å². The zero-order valence-corrected chi connectivity index (χ0v) is 19.9. The number of rotatable bonds is 7. The van der Waals surface area contributed by atoms with Gasteiger partial charge in [0.2, 0.25) is 11.9 Å². The van der Waals surface area contributed by atoms with Gasteiger partial charge in [0.15, 0.2) is 0 Å². The Hall–Kier alpha value is -3.66. The molecule has 0 bridgehead atoms. The minimum atomic E-state index is -1.16. The van der Waals surface area contributed by atoms with E-state index in [2.05, 4.69) is 0 Å². The third-order valence-electron chi connectivity index (χ3n) is 5.58. The van der Waals surface area contributed by atoms with Crippen molar-refractivity contribution >= 4 is 11.9 Å². The number of allylic oxidation sites excluding steroid dienone is 1. The van der Waals surface area contributed by atoms with Crippen LogP contribution in [0, 0.1) is 28.6 Å². The molecule has 178 valence electrons. The molecule has 1 saturated carbocycles. The van der Waals surface area contributed by atoms with Gasteiger partial charge in [0.1, 0.15) is 23.2 Å². The molecule has 0 saturated heterocycles. The van der Waals surface area contributed by atoms with Gasteiger partial charge in [-0.15, -0.1) is 0 Å². The summed E-state index contributed by atoms with van der Waals surface area (Å²) in [6, 6.07) is 17.9. The monoisotopic (exact) mass is 465 g/mol. The first kappa shape index (κ1) is 25.0. The van der Waals surface area contributed by atoms with E-state index in [0.717, 1.165) is 6.08 Å². The molecule has 0 heterocycles. The molecule has 3 unspecified atom stereocenters. The second-order valence-corrected chi connectivity index (χ2v) is 9.77. The SMILES string of the molecule is CC(C)(C)OC(=O)/C(F)=C/C1C(C(=O)OC(C#N)c2cccc(Oc3ccccc3)c2)C1(C)C. The lowest BCUT2D eigenvalue weighted by Gasteiger charge is -2.18. The maximum absolute atomic E-state index is 14.4. The first-order chi connectivity index (χ1) is 15.9. The lowest BCUT2D eigenvalue weighted by molar-refractivity contribution is -0.152. The van der Waals surface area contributed by atoms with Gasteiger partial charge in [-0.1, -0.05) is 44.2 Å². The van der Waals surface area contributed by atoms with E-state index in [4.69, 9.17) is 14.2 Å². The Balaban J connectivity index is 1.69. The van der Waals surface area contributed by atoms with Crippen LogP contribution in [-0.4, -0.2) is 17.5 Å². The molecule has 1 fully saturated rings. The number of carbonyl (C=O) groups excluding carboxylic acids is 2. The zero-order chi connectivity index (χ0) is 25.1. The second kappa shape index (κ2) is 9.68. The highest BCUT2D eigenvalue weighted by atomic mass is 19.1. The number of carbonyl (C=O) groups is 2. The standard InChI is InChI=1S/C27H28FNO5/c1-26(2,3)34-24(30)21(28)15-20-23(27(20,4)5)25(31)33-22(16-29)17-10-9-13-19(14-17)32-18-11-7-6-8-12-18/h6-15,20,22-23H,1-5H3/b21-15-. The fraction of sp³-hybridized carbons (Fsp3) is 0.370. The van der Waals surface area contributed by atoms with Crippen LogP contribution in [-0.2, 0) is 19.1 Å². The summed E-state index contributed by atoms with van der Waals surface area (Å²) < 4.78 is 30.7. The Morgan fingerprint density at radius 3 is 2.35 bits per heavy atom. The molecule has 0 spiro atoms. The van der Waals surface area contributed by atoms with Crippen LogP contribution in [0.15, 0.2) is 66.5 Å². The van der Waals surface area contributed by atoms with Gasteiger partial charge >= 0.3 is 11.9 Å². The maximum atomic E-state index is 14.4. The van der Waals surface area contributed by atoms with Crippen molar-refractivity contribution in [2.24, 2.45) is 17.3 Å². The fourth-order valence-corrected chi connectivity index (χ4v) is 3.72. The minimum absolute atomic E-state index is 0.453. The molecular weight excluding hydrogens is 437 g/mol. The van der Waals surface area contributed by atoms with Crippen LogP contribution in [0.4, 0.5) is 4.39 Å². The van der Waals surface area contributed by atoms with Gasteiger partial charge in [0.25, 0.3) is 0 Å². The quantitative estimate of drug-likeness (QED) is 0.365. The number of hydrogen-bond acceptors (Lipinski definition) is 6. The number of halogens is 1. The predicted octanol–water partition coefficient (Wildman–Crippen LogP) is 6.05. The van der Waals surface area contributed by atoms with Crippen molar-refractivity contribution in [1.82, 2.24) is 0 Å². The minimum Gasteiger partial charge on any atom is -0.457 e. The first-order valence-corrected chi connectivity index (χ1v) is 11.0. The van der Waals surface area contributed by atoms with Crippen LogP contribution in [0.25, 0.3) is 0 Å². The van der Waals surface area contributed by atoms with Crippen molar-refractivity contribution < 1.29 is 28.2 Å². The van der Waals surface area contributed by atoms with Gasteiger partial charge in [0, 0.05) is 5.56 Å². The van der Waals surface area contributed by atoms with E-state index >= 15 is 0 Å². The Morgan fingerprint density at radius 1 is 1.09 bits per heavy atom. The molecular formula is C27H28FNO5. The van der Waals surface area contributed by atoms with Crippen LogP contribution >= 0.6 is 0 Å². The second-order valence-electron chi connectivity index (χ2n) is 9.77. The van der Waals surface area contributed by atoms with E-state index in [9.17, 15) is 19.2 Å². The van der Waals surface area contributed by atoms with E-state index in [-0.39, 0.29) is 0 Å². The number of ether oxygens (including phenoxy) is 3. The molecule has 3 rings (SSSR count). The van der Waals surface area contributed by atoms with Gasteiger partial charge in [0.05, 0.1) is 5.92 Å². The molecule has 1 aliphatic rings.